The van der Waals surface area contributed by atoms with Gasteiger partial charge in [0, 0.05) is 65.5 Å². The number of fused-ring (bicyclic) bond motifs is 13. The summed E-state index contributed by atoms with van der Waals surface area (Å²) in [7, 11) is 0. The van der Waals surface area contributed by atoms with Crippen LogP contribution >= 0.6 is 0 Å². The van der Waals surface area contributed by atoms with Crippen LogP contribution in [-0.4, -0.2) is 18.1 Å². The van der Waals surface area contributed by atoms with Crippen molar-refractivity contribution in [3.05, 3.63) is 231 Å². The van der Waals surface area contributed by atoms with Crippen LogP contribution in [0.1, 0.15) is 0 Å². The van der Waals surface area contributed by atoms with Crippen LogP contribution in [0.15, 0.2) is 231 Å². The largest absolute Gasteiger partial charge is 0.309 e. The molecule has 4 nitrogen and oxygen atoms in total. The standard InChI is InChI=1S/C30H18N2.C30H20N2/c1-2-9-19(10-3-1)31-26-16-8-13-22-20-11-4-6-14-24(20)32-25-15-7-5-12-21(25)23-17-18-27(31)29(28(22)26)30(23)32;1-3-11-21(12-4-1)31-27-18-10-8-16-25(27)29-28(31)20-19-24-23-15-7-9-17-26(23)32(30(24)29)22-13-5-2-6-14-22/h1-18H;1-20H. The van der Waals surface area contributed by atoms with Gasteiger partial charge in [0.05, 0.1) is 49.7 Å². The summed E-state index contributed by atoms with van der Waals surface area (Å²) in [6.45, 7) is 0. The summed E-state index contributed by atoms with van der Waals surface area (Å²) >= 11 is 0. The Morgan fingerprint density at radius 2 is 0.562 bits per heavy atom. The van der Waals surface area contributed by atoms with E-state index in [0.717, 1.165) is 0 Å². The Bertz CT molecular complexity index is 4280. The SMILES string of the molecule is c1ccc(-n2c3cccc4c5ccccc5n5c6ccccc6c6ccc2c(c43)c65)cc1.c1ccc(-n2c3ccccc3c3c2ccc2c4ccccc4n(-c4ccccc4)c23)cc1. The van der Waals surface area contributed by atoms with E-state index in [0.29, 0.717) is 0 Å². The molecule has 0 bridgehead atoms. The number of rotatable bonds is 3. The molecule has 0 fully saturated rings. The fourth-order valence-electron chi connectivity index (χ4n) is 11.0. The predicted octanol–water partition coefficient (Wildman–Crippen LogP) is 15.8. The van der Waals surface area contributed by atoms with E-state index in [9.17, 15) is 0 Å². The Hall–Kier alpha value is -8.60. The lowest BCUT2D eigenvalue weighted by Crippen LogP contribution is -1.95. The van der Waals surface area contributed by atoms with Gasteiger partial charge in [-0.15, -0.1) is 0 Å². The van der Waals surface area contributed by atoms with Gasteiger partial charge in [0.15, 0.2) is 0 Å². The van der Waals surface area contributed by atoms with E-state index in [1.54, 1.807) is 0 Å². The van der Waals surface area contributed by atoms with E-state index in [1.807, 2.05) is 0 Å². The highest BCUT2D eigenvalue weighted by molar-refractivity contribution is 6.33. The molecule has 298 valence electrons. The van der Waals surface area contributed by atoms with Crippen molar-refractivity contribution in [2.75, 3.05) is 0 Å². The molecule has 0 saturated carbocycles. The first-order valence-corrected chi connectivity index (χ1v) is 22.0. The van der Waals surface area contributed by atoms with Crippen molar-refractivity contribution in [2.24, 2.45) is 0 Å². The van der Waals surface area contributed by atoms with Gasteiger partial charge < -0.3 is 18.1 Å². The summed E-state index contributed by atoms with van der Waals surface area (Å²) < 4.78 is 9.71. The van der Waals surface area contributed by atoms with Crippen molar-refractivity contribution >= 4 is 104 Å². The zero-order valence-corrected chi connectivity index (χ0v) is 34.7. The Morgan fingerprint density at radius 1 is 0.188 bits per heavy atom. The molecule has 0 atom stereocenters. The van der Waals surface area contributed by atoms with E-state index in [4.69, 9.17) is 0 Å². The van der Waals surface area contributed by atoms with Crippen LogP contribution in [0.5, 0.6) is 0 Å². The molecule has 0 amide bonds. The minimum Gasteiger partial charge on any atom is -0.309 e. The van der Waals surface area contributed by atoms with Gasteiger partial charge in [-0.05, 0) is 84.2 Å². The predicted molar refractivity (Wildman–Crippen MR) is 271 cm³/mol. The van der Waals surface area contributed by atoms with Crippen molar-refractivity contribution in [3.63, 3.8) is 0 Å². The average molecular weight is 815 g/mol. The number of aromatic nitrogens is 4. The van der Waals surface area contributed by atoms with E-state index in [2.05, 4.69) is 249 Å². The maximum absolute atomic E-state index is 2.48. The second-order valence-corrected chi connectivity index (χ2v) is 16.8. The summed E-state index contributed by atoms with van der Waals surface area (Å²) in [5.74, 6) is 0. The molecule has 0 aliphatic rings. The van der Waals surface area contributed by atoms with Crippen LogP contribution in [0.3, 0.4) is 0 Å². The molecule has 0 radical (unpaired) electrons. The monoisotopic (exact) mass is 814 g/mol. The molecule has 0 aliphatic carbocycles. The van der Waals surface area contributed by atoms with E-state index < -0.39 is 0 Å². The van der Waals surface area contributed by atoms with Gasteiger partial charge in [0.25, 0.3) is 0 Å². The lowest BCUT2D eigenvalue weighted by molar-refractivity contribution is 1.17. The summed E-state index contributed by atoms with van der Waals surface area (Å²) in [5, 5.41) is 13.0. The summed E-state index contributed by atoms with van der Waals surface area (Å²) in [6.07, 6.45) is 0. The number of nitrogens with zero attached hydrogens (tertiary/aromatic N) is 4. The zero-order valence-electron chi connectivity index (χ0n) is 34.7. The van der Waals surface area contributed by atoms with Gasteiger partial charge in [-0.1, -0.05) is 152 Å². The van der Waals surface area contributed by atoms with Crippen LogP contribution in [-0.2, 0) is 0 Å². The van der Waals surface area contributed by atoms with Gasteiger partial charge in [0.2, 0.25) is 0 Å². The van der Waals surface area contributed by atoms with Crippen LogP contribution in [0.4, 0.5) is 0 Å². The second-order valence-electron chi connectivity index (χ2n) is 16.8. The molecule has 5 aromatic heterocycles. The van der Waals surface area contributed by atoms with Gasteiger partial charge in [-0.3, -0.25) is 0 Å². The Morgan fingerprint density at radius 3 is 1.16 bits per heavy atom. The van der Waals surface area contributed by atoms with Gasteiger partial charge >= 0.3 is 0 Å². The van der Waals surface area contributed by atoms with Gasteiger partial charge in [-0.25, -0.2) is 0 Å². The fraction of sp³-hybridized carbons (Fsp3) is 0. The Kier molecular flexibility index (Phi) is 7.36. The Labute approximate surface area is 367 Å². The molecule has 0 aliphatic heterocycles. The zero-order chi connectivity index (χ0) is 41.9. The fourth-order valence-corrected chi connectivity index (χ4v) is 11.0. The maximum Gasteiger partial charge on any atom is 0.0641 e. The van der Waals surface area contributed by atoms with Crippen LogP contribution in [0.2, 0.25) is 0 Å². The van der Waals surface area contributed by atoms with Gasteiger partial charge in [-0.2, -0.15) is 0 Å². The van der Waals surface area contributed by atoms with Crippen molar-refractivity contribution in [1.29, 1.82) is 0 Å². The maximum atomic E-state index is 2.48. The molecule has 10 aromatic carbocycles. The highest BCUT2D eigenvalue weighted by atomic mass is 15.0. The van der Waals surface area contributed by atoms with Crippen LogP contribution in [0.25, 0.3) is 121 Å². The molecule has 0 saturated heterocycles. The van der Waals surface area contributed by atoms with Gasteiger partial charge in [0.1, 0.15) is 0 Å². The normalized spacial score (nSPS) is 12.1. The van der Waals surface area contributed by atoms with E-state index >= 15 is 0 Å². The van der Waals surface area contributed by atoms with Crippen molar-refractivity contribution < 1.29 is 0 Å². The first kappa shape index (κ1) is 35.0. The lowest BCUT2D eigenvalue weighted by Gasteiger charge is -2.09. The molecular formula is C60H38N4. The third kappa shape index (κ3) is 4.77. The summed E-state index contributed by atoms with van der Waals surface area (Å²) in [4.78, 5) is 0. The van der Waals surface area contributed by atoms with Crippen molar-refractivity contribution in [3.8, 4) is 17.1 Å². The molecule has 64 heavy (non-hydrogen) atoms. The third-order valence-electron chi connectivity index (χ3n) is 13.5. The van der Waals surface area contributed by atoms with Crippen molar-refractivity contribution in [1.82, 2.24) is 18.1 Å². The first-order valence-electron chi connectivity index (χ1n) is 22.0. The molecule has 0 N–H and O–H groups in total. The lowest BCUT2D eigenvalue weighted by atomic mass is 10.0. The number of benzene rings is 10. The van der Waals surface area contributed by atoms with E-state index in [-0.39, 0.29) is 0 Å². The highest BCUT2D eigenvalue weighted by Gasteiger charge is 2.23. The smallest absolute Gasteiger partial charge is 0.0641 e. The average Bonchev–Trinajstić information content (AvgIpc) is 4.08. The molecule has 15 aromatic rings. The topological polar surface area (TPSA) is 19.2 Å². The molecular weight excluding hydrogens is 777 g/mol. The number of para-hydroxylation sites is 7. The molecule has 4 heteroatoms. The molecule has 15 rings (SSSR count). The number of hydrogen-bond donors (Lipinski definition) is 0. The Balaban J connectivity index is 0.000000124. The van der Waals surface area contributed by atoms with Crippen molar-refractivity contribution in [2.45, 2.75) is 0 Å². The molecule has 5 heterocycles. The minimum atomic E-state index is 1.18. The molecule has 0 spiro atoms. The third-order valence-corrected chi connectivity index (χ3v) is 13.5. The van der Waals surface area contributed by atoms with E-state index in [1.165, 1.54) is 121 Å². The quantitative estimate of drug-likeness (QED) is 0.169. The van der Waals surface area contributed by atoms with Crippen LogP contribution < -0.4 is 0 Å². The molecule has 0 unspecified atom stereocenters. The minimum absolute atomic E-state index is 1.18. The summed E-state index contributed by atoms with van der Waals surface area (Å²) in [6, 6.07) is 83.1. The number of hydrogen-bond acceptors (Lipinski definition) is 0. The first-order chi connectivity index (χ1) is 31.8. The highest BCUT2D eigenvalue weighted by Crippen LogP contribution is 2.46. The van der Waals surface area contributed by atoms with Crippen LogP contribution in [0, 0.1) is 0 Å². The summed E-state index contributed by atoms with van der Waals surface area (Å²) in [5.41, 5.74) is 14.8. The second kappa shape index (κ2) is 13.4.